The Bertz CT molecular complexity index is 1190. The second-order valence-electron chi connectivity index (χ2n) is 9.57. The smallest absolute Gasteiger partial charge is 0.250 e. The summed E-state index contributed by atoms with van der Waals surface area (Å²) in [6, 6.07) is 11.2. The molecule has 2 aromatic rings. The first kappa shape index (κ1) is 20.2. The van der Waals surface area contributed by atoms with Crippen molar-refractivity contribution < 1.29 is 24.6 Å². The predicted molar refractivity (Wildman–Crippen MR) is 118 cm³/mol. The first-order valence-electron chi connectivity index (χ1n) is 11.5. The molecule has 0 unspecified atom stereocenters. The Labute approximate surface area is 190 Å². The van der Waals surface area contributed by atoms with E-state index in [2.05, 4.69) is 10.6 Å². The molecule has 4 aliphatic rings. The van der Waals surface area contributed by atoms with Crippen LogP contribution in [-0.4, -0.2) is 44.9 Å². The van der Waals surface area contributed by atoms with Crippen LogP contribution in [0.15, 0.2) is 42.5 Å². The quantitative estimate of drug-likeness (QED) is 0.422. The van der Waals surface area contributed by atoms with Gasteiger partial charge in [-0.05, 0) is 43.0 Å². The zero-order chi connectivity index (χ0) is 22.9. The number of anilines is 1. The van der Waals surface area contributed by atoms with Crippen LogP contribution in [-0.2, 0) is 26.3 Å². The van der Waals surface area contributed by atoms with Crippen molar-refractivity contribution >= 4 is 23.4 Å². The number of hydrogen-bond acceptors (Lipinski definition) is 6. The zero-order valence-corrected chi connectivity index (χ0v) is 18.0. The van der Waals surface area contributed by atoms with Gasteiger partial charge in [-0.3, -0.25) is 24.6 Å². The van der Waals surface area contributed by atoms with Crippen molar-refractivity contribution in [2.75, 3.05) is 5.32 Å². The van der Waals surface area contributed by atoms with Gasteiger partial charge in [-0.2, -0.15) is 0 Å². The van der Waals surface area contributed by atoms with Crippen molar-refractivity contribution in [3.8, 4) is 11.5 Å². The third kappa shape index (κ3) is 2.70. The predicted octanol–water partition coefficient (Wildman–Crippen LogP) is 2.00. The lowest BCUT2D eigenvalue weighted by Crippen LogP contribution is -2.54. The Hall–Kier alpha value is -3.39. The Morgan fingerprint density at radius 2 is 1.73 bits per heavy atom. The summed E-state index contributed by atoms with van der Waals surface area (Å²) in [6.07, 6.45) is 3.90. The Morgan fingerprint density at radius 1 is 0.970 bits per heavy atom. The molecule has 4 N–H and O–H groups in total. The molecular formula is C25H25N3O5. The van der Waals surface area contributed by atoms with Gasteiger partial charge in [0.15, 0.2) is 11.5 Å². The Morgan fingerprint density at radius 3 is 2.48 bits per heavy atom. The number of benzene rings is 2. The van der Waals surface area contributed by atoms with E-state index < -0.39 is 23.4 Å². The summed E-state index contributed by atoms with van der Waals surface area (Å²) in [5, 5.41) is 25.9. The second-order valence-corrected chi connectivity index (χ2v) is 9.57. The highest BCUT2D eigenvalue weighted by Gasteiger charge is 2.70. The molecule has 3 heterocycles. The van der Waals surface area contributed by atoms with E-state index in [0.717, 1.165) is 25.7 Å². The van der Waals surface area contributed by atoms with Crippen molar-refractivity contribution in [3.63, 3.8) is 0 Å². The fraction of sp³-hybridized carbons (Fsp3) is 0.400. The minimum atomic E-state index is -1.31. The van der Waals surface area contributed by atoms with Crippen LogP contribution >= 0.6 is 0 Å². The first-order valence-corrected chi connectivity index (χ1v) is 11.5. The SMILES string of the molecule is O=C1[C@@H]2[C@H](Cc3ccc(O)c(O)c3)N[C@@]3(C(=O)Nc4ccccc43)[C@H]2C(=O)N1C1CCCC1. The van der Waals surface area contributed by atoms with Crippen LogP contribution in [0.4, 0.5) is 5.69 Å². The van der Waals surface area contributed by atoms with Crippen molar-refractivity contribution in [1.29, 1.82) is 0 Å². The van der Waals surface area contributed by atoms with E-state index in [1.165, 1.54) is 17.0 Å². The second kappa shape index (κ2) is 7.05. The van der Waals surface area contributed by atoms with Gasteiger partial charge < -0.3 is 15.5 Å². The molecule has 33 heavy (non-hydrogen) atoms. The van der Waals surface area contributed by atoms with E-state index in [4.69, 9.17) is 0 Å². The van der Waals surface area contributed by atoms with Crippen LogP contribution in [0.5, 0.6) is 11.5 Å². The van der Waals surface area contributed by atoms with Gasteiger partial charge in [0.25, 0.3) is 0 Å². The lowest BCUT2D eigenvalue weighted by atomic mass is 9.76. The molecule has 2 saturated heterocycles. The molecule has 8 nitrogen and oxygen atoms in total. The maximum absolute atomic E-state index is 13.8. The number of phenolic OH excluding ortho intramolecular Hbond substituents is 2. The van der Waals surface area contributed by atoms with Crippen LogP contribution in [0.3, 0.4) is 0 Å². The van der Waals surface area contributed by atoms with Crippen LogP contribution < -0.4 is 10.6 Å². The number of carbonyl (C=O) groups is 3. The molecule has 0 radical (unpaired) electrons. The molecule has 6 rings (SSSR count). The monoisotopic (exact) mass is 447 g/mol. The normalized spacial score (nSPS) is 30.8. The summed E-state index contributed by atoms with van der Waals surface area (Å²) in [7, 11) is 0. The van der Waals surface area contributed by atoms with E-state index >= 15 is 0 Å². The van der Waals surface area contributed by atoms with Gasteiger partial charge in [-0.1, -0.05) is 37.1 Å². The third-order valence-electron chi connectivity index (χ3n) is 7.84. The van der Waals surface area contributed by atoms with Gasteiger partial charge in [0.2, 0.25) is 17.7 Å². The number of hydrogen-bond donors (Lipinski definition) is 4. The summed E-state index contributed by atoms with van der Waals surface area (Å²) in [6.45, 7) is 0. The molecule has 0 bridgehead atoms. The summed E-state index contributed by atoms with van der Waals surface area (Å²) in [5.74, 6) is -2.79. The highest BCUT2D eigenvalue weighted by molar-refractivity contribution is 6.15. The Balaban J connectivity index is 1.46. The largest absolute Gasteiger partial charge is 0.504 e. The van der Waals surface area contributed by atoms with Crippen LogP contribution in [0.2, 0.25) is 0 Å². The van der Waals surface area contributed by atoms with Gasteiger partial charge in [0.1, 0.15) is 5.54 Å². The number of imide groups is 1. The highest BCUT2D eigenvalue weighted by atomic mass is 16.3. The molecule has 170 valence electrons. The number of aromatic hydroxyl groups is 2. The third-order valence-corrected chi connectivity index (χ3v) is 7.84. The first-order chi connectivity index (χ1) is 15.9. The van der Waals surface area contributed by atoms with E-state index in [0.29, 0.717) is 23.2 Å². The number of nitrogens with zero attached hydrogens (tertiary/aromatic N) is 1. The van der Waals surface area contributed by atoms with E-state index in [1.807, 2.05) is 18.2 Å². The van der Waals surface area contributed by atoms with E-state index in [9.17, 15) is 24.6 Å². The molecule has 2 aromatic carbocycles. The highest BCUT2D eigenvalue weighted by Crippen LogP contribution is 2.54. The average molecular weight is 447 g/mol. The maximum atomic E-state index is 13.8. The van der Waals surface area contributed by atoms with Crippen molar-refractivity contribution in [1.82, 2.24) is 10.2 Å². The fourth-order valence-electron chi connectivity index (χ4n) is 6.43. The van der Waals surface area contributed by atoms with Gasteiger partial charge >= 0.3 is 0 Å². The van der Waals surface area contributed by atoms with Gasteiger partial charge in [0.05, 0.1) is 11.8 Å². The fourth-order valence-corrected chi connectivity index (χ4v) is 6.43. The zero-order valence-electron chi connectivity index (χ0n) is 18.0. The van der Waals surface area contributed by atoms with E-state index in [1.54, 1.807) is 12.1 Å². The van der Waals surface area contributed by atoms with Crippen LogP contribution in [0.25, 0.3) is 0 Å². The van der Waals surface area contributed by atoms with Gasteiger partial charge in [-0.25, -0.2) is 0 Å². The number of para-hydroxylation sites is 1. The molecule has 1 aliphatic carbocycles. The number of fused-ring (bicyclic) bond motifs is 4. The van der Waals surface area contributed by atoms with Crippen molar-refractivity contribution in [2.24, 2.45) is 11.8 Å². The number of carbonyl (C=O) groups excluding carboxylic acids is 3. The van der Waals surface area contributed by atoms with Crippen molar-refractivity contribution in [3.05, 3.63) is 53.6 Å². The molecule has 4 atom stereocenters. The summed E-state index contributed by atoms with van der Waals surface area (Å²) < 4.78 is 0. The van der Waals surface area contributed by atoms with Crippen LogP contribution in [0, 0.1) is 11.8 Å². The van der Waals surface area contributed by atoms with Gasteiger partial charge in [0, 0.05) is 23.3 Å². The van der Waals surface area contributed by atoms with Crippen molar-refractivity contribution in [2.45, 2.75) is 49.7 Å². The minimum absolute atomic E-state index is 0.106. The minimum Gasteiger partial charge on any atom is -0.504 e. The number of phenols is 2. The lowest BCUT2D eigenvalue weighted by molar-refractivity contribution is -0.145. The van der Waals surface area contributed by atoms with E-state index in [-0.39, 0.29) is 35.3 Å². The molecule has 3 amide bonds. The number of amides is 3. The molecule has 3 fully saturated rings. The Kier molecular flexibility index (Phi) is 4.32. The average Bonchev–Trinajstić information content (AvgIpc) is 3.53. The molecular weight excluding hydrogens is 422 g/mol. The molecule has 3 aliphatic heterocycles. The summed E-state index contributed by atoms with van der Waals surface area (Å²) in [5.41, 5.74) is 0.724. The van der Waals surface area contributed by atoms with Gasteiger partial charge in [-0.15, -0.1) is 0 Å². The topological polar surface area (TPSA) is 119 Å². The molecule has 8 heteroatoms. The lowest BCUT2D eigenvalue weighted by Gasteiger charge is -2.31. The number of nitrogens with one attached hydrogen (secondary N) is 2. The standard InChI is InChI=1S/C25H25N3O5/c29-18-10-9-13(12-19(18)30)11-17-20-21(23(32)28(22(20)31)14-5-1-2-6-14)25(27-17)15-7-3-4-8-16(15)26-24(25)33/h3-4,7-10,12,14,17,20-21,27,29-30H,1-2,5-6,11H2,(H,26,33)/t17-,20+,21+,25+/m0/s1. The van der Waals surface area contributed by atoms with Crippen LogP contribution in [0.1, 0.15) is 36.8 Å². The molecule has 0 aromatic heterocycles. The number of rotatable bonds is 3. The summed E-state index contributed by atoms with van der Waals surface area (Å²) >= 11 is 0. The maximum Gasteiger partial charge on any atom is 0.250 e. The molecule has 1 saturated carbocycles. The number of likely N-dealkylation sites (tertiary alicyclic amines) is 1. The molecule has 1 spiro atoms. The summed E-state index contributed by atoms with van der Waals surface area (Å²) in [4.78, 5) is 42.4.